The number of thiophene rings is 1. The van der Waals surface area contributed by atoms with Gasteiger partial charge in [0.1, 0.15) is 28.7 Å². The van der Waals surface area contributed by atoms with Gasteiger partial charge >= 0.3 is 0 Å². The van der Waals surface area contributed by atoms with Crippen molar-refractivity contribution in [2.75, 3.05) is 110 Å². The first-order valence-corrected chi connectivity index (χ1v) is 28.6. The molecule has 2 N–H and O–H groups in total. The Morgan fingerprint density at radius 3 is 1.96 bits per heavy atom. The van der Waals surface area contributed by atoms with Crippen LogP contribution in [0.4, 0.5) is 5.82 Å². The molecule has 3 aliphatic rings. The van der Waals surface area contributed by atoms with Crippen molar-refractivity contribution in [2.45, 2.75) is 90.0 Å². The number of rotatable bonds is 30. The van der Waals surface area contributed by atoms with Gasteiger partial charge in [0.15, 0.2) is 17.3 Å². The average molecular weight is 1150 g/mol. The quantitative estimate of drug-likeness (QED) is 0.0424. The van der Waals surface area contributed by atoms with Crippen LogP contribution in [0.15, 0.2) is 59.6 Å². The topological polar surface area (TPSA) is 228 Å². The summed E-state index contributed by atoms with van der Waals surface area (Å²) in [5.41, 5.74) is 4.59. The molecule has 1 saturated carbocycles. The maximum Gasteiger partial charge on any atom is 0.272 e. The van der Waals surface area contributed by atoms with Crippen molar-refractivity contribution >= 4 is 57.9 Å². The summed E-state index contributed by atoms with van der Waals surface area (Å²) in [4.78, 5) is 34.7. The number of benzene rings is 2. The highest BCUT2D eigenvalue weighted by molar-refractivity contribution is 7.15. The van der Waals surface area contributed by atoms with Crippen LogP contribution in [0, 0.1) is 32.1 Å². The zero-order chi connectivity index (χ0) is 55.3. The molecule has 2 amide bonds. The zero-order valence-corrected chi connectivity index (χ0v) is 47.4. The van der Waals surface area contributed by atoms with E-state index in [4.69, 9.17) is 71.4 Å². The van der Waals surface area contributed by atoms with E-state index in [1.54, 1.807) is 35.6 Å². The Hall–Kier alpha value is -5.64. The molecule has 0 spiro atoms. The van der Waals surface area contributed by atoms with E-state index in [1.165, 1.54) is 4.88 Å². The van der Waals surface area contributed by atoms with Gasteiger partial charge in [0.2, 0.25) is 5.91 Å². The third-order valence-corrected chi connectivity index (χ3v) is 15.5. The number of anilines is 1. The van der Waals surface area contributed by atoms with Crippen molar-refractivity contribution in [3.63, 3.8) is 0 Å². The van der Waals surface area contributed by atoms with E-state index in [0.717, 1.165) is 90.7 Å². The van der Waals surface area contributed by atoms with E-state index in [2.05, 4.69) is 55.8 Å². The highest BCUT2D eigenvalue weighted by atomic mass is 35.5. The smallest absolute Gasteiger partial charge is 0.272 e. The molecule has 2 fully saturated rings. The van der Waals surface area contributed by atoms with Crippen molar-refractivity contribution in [2.24, 2.45) is 4.99 Å². The van der Waals surface area contributed by atoms with Crippen LogP contribution in [0.3, 0.4) is 0 Å². The van der Waals surface area contributed by atoms with Gasteiger partial charge in [-0.15, -0.1) is 31.7 Å². The number of aliphatic imine (C=N–C) groups is 1. The van der Waals surface area contributed by atoms with E-state index in [1.807, 2.05) is 41.8 Å². The fourth-order valence-corrected chi connectivity index (χ4v) is 11.0. The van der Waals surface area contributed by atoms with Crippen LogP contribution in [0.1, 0.15) is 100 Å². The standard InChI is InChI=1S/C56H70Cl2N10O10S/c1-37-38(2)79-56-52(37)53(40-4-7-42(57)8-5-40)62-49(54-66-63-39(3)68(54)56)35-51(69)60-18-21-71-22-23-72-24-25-73-26-27-74-28-29-75-30-31-76-32-33-77-44-16-19-67(20-17-44)50-15-14-48(64-65-50)55(70)61-43-9-12-45(13-10-43)78-46-11-6-41(36-59)47(58)34-46/h4-8,11,14-15,34,43-45,49H,9-10,12-13,16-33,35H2,1-3H3,(H,60,69)(H,61,70)/t43?,45?,49-/m0/s1. The minimum absolute atomic E-state index is 0.0201. The molecule has 5 heterocycles. The number of ether oxygens (including phenoxy) is 8. The van der Waals surface area contributed by atoms with Crippen molar-refractivity contribution in [3.8, 4) is 16.8 Å². The number of aryl methyl sites for hydroxylation is 2. The lowest BCUT2D eigenvalue weighted by atomic mass is 9.93. The van der Waals surface area contributed by atoms with Crippen LogP contribution in [0.5, 0.6) is 5.75 Å². The van der Waals surface area contributed by atoms with Gasteiger partial charge in [0, 0.05) is 52.8 Å². The van der Waals surface area contributed by atoms with Crippen molar-refractivity contribution in [3.05, 3.63) is 109 Å². The monoisotopic (exact) mass is 1140 g/mol. The number of hydrogen-bond donors (Lipinski definition) is 2. The highest BCUT2D eigenvalue weighted by Gasteiger charge is 2.33. The Morgan fingerprint density at radius 1 is 0.722 bits per heavy atom. The van der Waals surface area contributed by atoms with Crippen LogP contribution in [-0.4, -0.2) is 166 Å². The van der Waals surface area contributed by atoms with E-state index >= 15 is 0 Å². The summed E-state index contributed by atoms with van der Waals surface area (Å²) in [6, 6.07) is 17.8. The molecule has 1 saturated heterocycles. The number of fused-ring (bicyclic) bond motifs is 3. The number of carbonyl (C=O) groups is 2. The number of halogens is 2. The molecule has 5 aromatic rings. The van der Waals surface area contributed by atoms with Crippen molar-refractivity contribution < 1.29 is 47.5 Å². The molecule has 8 rings (SSSR count). The maximum atomic E-state index is 13.2. The molecule has 3 aromatic heterocycles. The minimum Gasteiger partial charge on any atom is -0.490 e. The van der Waals surface area contributed by atoms with Crippen molar-refractivity contribution in [1.82, 2.24) is 35.6 Å². The Morgan fingerprint density at radius 2 is 1.35 bits per heavy atom. The summed E-state index contributed by atoms with van der Waals surface area (Å²) < 4.78 is 48.0. The summed E-state index contributed by atoms with van der Waals surface area (Å²) in [5.74, 6) is 2.36. The van der Waals surface area contributed by atoms with Crippen LogP contribution in [0.2, 0.25) is 10.0 Å². The Bertz CT molecular complexity index is 2810. The van der Waals surface area contributed by atoms with E-state index < -0.39 is 6.04 Å². The molecule has 0 unspecified atom stereocenters. The summed E-state index contributed by atoms with van der Waals surface area (Å²) in [6.45, 7) is 13.8. The fourth-order valence-electron chi connectivity index (χ4n) is 9.42. The first-order valence-electron chi connectivity index (χ1n) is 27.0. The molecule has 1 aliphatic carbocycles. The molecular formula is C56H70Cl2N10O10S. The lowest BCUT2D eigenvalue weighted by Gasteiger charge is -2.32. The van der Waals surface area contributed by atoms with Crippen LogP contribution >= 0.6 is 34.5 Å². The summed E-state index contributed by atoms with van der Waals surface area (Å²) >= 11 is 14.1. The molecule has 0 bridgehead atoms. The first-order chi connectivity index (χ1) is 38.5. The summed E-state index contributed by atoms with van der Waals surface area (Å²) in [6.07, 6.45) is 5.13. The molecule has 424 valence electrons. The molecule has 2 aliphatic heterocycles. The predicted molar refractivity (Wildman–Crippen MR) is 299 cm³/mol. The van der Waals surface area contributed by atoms with Gasteiger partial charge in [-0.2, -0.15) is 5.26 Å². The third-order valence-electron chi connectivity index (χ3n) is 13.8. The van der Waals surface area contributed by atoms with E-state index in [9.17, 15) is 9.59 Å². The minimum atomic E-state index is -0.543. The lowest BCUT2D eigenvalue weighted by Crippen LogP contribution is -2.40. The van der Waals surface area contributed by atoms with Gasteiger partial charge in [0.25, 0.3) is 5.91 Å². The van der Waals surface area contributed by atoms with E-state index in [-0.39, 0.29) is 36.5 Å². The molecular weight excluding hydrogens is 1080 g/mol. The molecule has 2 aromatic carbocycles. The highest BCUT2D eigenvalue weighted by Crippen LogP contribution is 2.40. The molecule has 0 radical (unpaired) electrons. The Kier molecular flexibility index (Phi) is 23.2. The molecule has 23 heteroatoms. The van der Waals surface area contributed by atoms with Crippen molar-refractivity contribution in [1.29, 1.82) is 5.26 Å². The van der Waals surface area contributed by atoms with Gasteiger partial charge in [-0.3, -0.25) is 19.1 Å². The van der Waals surface area contributed by atoms with Crippen LogP contribution in [-0.2, 0) is 38.0 Å². The Balaban J connectivity index is 0.571. The van der Waals surface area contributed by atoms with E-state index in [0.29, 0.717) is 125 Å². The number of hydrogen-bond acceptors (Lipinski definition) is 18. The lowest BCUT2D eigenvalue weighted by molar-refractivity contribution is -0.121. The second-order valence-corrected chi connectivity index (χ2v) is 21.3. The molecule has 20 nitrogen and oxygen atoms in total. The SMILES string of the molecule is Cc1sc2c(c1C)C(c1ccc(Cl)cc1)=N[C@@H](CC(=O)NCCOCCOCCOCCOCCOCCOCCOC1CCN(c3ccc(C(=O)NC4CCC(Oc5ccc(C#N)c(Cl)c5)CC4)nn3)CC1)c1nnc(C)n1-2. The van der Waals surface area contributed by atoms with Crippen LogP contribution < -0.4 is 20.3 Å². The summed E-state index contributed by atoms with van der Waals surface area (Å²) in [5, 5.41) is 34.6. The Labute approximate surface area is 475 Å². The van der Waals surface area contributed by atoms with Gasteiger partial charge in [-0.1, -0.05) is 35.3 Å². The number of piperidine rings is 1. The number of nitrogens with one attached hydrogen (secondary N) is 2. The van der Waals surface area contributed by atoms with Gasteiger partial charge in [0.05, 0.1) is 121 Å². The first kappa shape index (κ1) is 59.5. The maximum absolute atomic E-state index is 13.2. The second-order valence-electron chi connectivity index (χ2n) is 19.3. The number of nitriles is 1. The van der Waals surface area contributed by atoms with Gasteiger partial charge in [-0.25, -0.2) is 0 Å². The fraction of sp³-hybridized carbons (Fsp3) is 0.536. The number of aromatic nitrogens is 5. The second kappa shape index (κ2) is 30.8. The zero-order valence-electron chi connectivity index (χ0n) is 45.1. The number of carbonyl (C=O) groups excluding carboxylic acids is 2. The van der Waals surface area contributed by atoms with Gasteiger partial charge in [-0.05, 0) is 101 Å². The number of nitrogens with zero attached hydrogens (tertiary/aromatic N) is 8. The molecule has 79 heavy (non-hydrogen) atoms. The predicted octanol–water partition coefficient (Wildman–Crippen LogP) is 7.53. The largest absolute Gasteiger partial charge is 0.490 e. The average Bonchev–Trinajstić information content (AvgIpc) is 4.19. The third kappa shape index (κ3) is 17.4. The van der Waals surface area contributed by atoms with Crippen LogP contribution in [0.25, 0.3) is 5.00 Å². The summed E-state index contributed by atoms with van der Waals surface area (Å²) in [7, 11) is 0. The normalized spacial score (nSPS) is 17.3. The van der Waals surface area contributed by atoms with Gasteiger partial charge < -0.3 is 53.4 Å². The number of amides is 2. The molecule has 1 atom stereocenters.